The molecule has 100 valence electrons. The van der Waals surface area contributed by atoms with E-state index in [1.165, 1.54) is 25.7 Å². The monoisotopic (exact) mass is 248 g/mol. The maximum Gasteiger partial charge on any atom is 0.138 e. The van der Waals surface area contributed by atoms with E-state index in [0.29, 0.717) is 6.10 Å². The Labute approximate surface area is 110 Å². The van der Waals surface area contributed by atoms with E-state index in [4.69, 9.17) is 10.5 Å². The average molecular weight is 248 g/mol. The minimum absolute atomic E-state index is 0.156. The molecule has 3 nitrogen and oxygen atoms in total. The molecule has 3 atom stereocenters. The summed E-state index contributed by atoms with van der Waals surface area (Å²) in [7, 11) is 0. The normalized spacial score (nSPS) is 25.7. The molecule has 0 bridgehead atoms. The van der Waals surface area contributed by atoms with E-state index < -0.39 is 0 Å². The van der Waals surface area contributed by atoms with E-state index in [1.54, 1.807) is 0 Å². The van der Waals surface area contributed by atoms with Gasteiger partial charge in [0.05, 0.1) is 12.3 Å². The van der Waals surface area contributed by atoms with Crippen molar-refractivity contribution in [2.45, 2.75) is 58.1 Å². The first kappa shape index (κ1) is 13.3. The topological polar surface area (TPSA) is 48.1 Å². The lowest BCUT2D eigenvalue weighted by Gasteiger charge is -2.27. The minimum atomic E-state index is 0.156. The molecular weight excluding hydrogens is 224 g/mol. The van der Waals surface area contributed by atoms with Crippen molar-refractivity contribution in [1.82, 2.24) is 4.98 Å². The molecule has 1 aliphatic carbocycles. The van der Waals surface area contributed by atoms with Crippen LogP contribution < -0.4 is 10.5 Å². The standard InChI is InChI=1S/C15H24N2O/c1-11-4-3-5-14(8-11)18-15-7-6-13(17-10-15)9-12(2)16/h6-7,10-12,14H,3-5,8-9,16H2,1-2H3. The van der Waals surface area contributed by atoms with Gasteiger partial charge in [-0.3, -0.25) is 4.98 Å². The van der Waals surface area contributed by atoms with Crippen LogP contribution in [0.1, 0.15) is 45.2 Å². The third kappa shape index (κ3) is 3.98. The smallest absolute Gasteiger partial charge is 0.138 e. The molecule has 1 aliphatic rings. The molecule has 1 aromatic heterocycles. The first-order valence-corrected chi connectivity index (χ1v) is 7.00. The minimum Gasteiger partial charge on any atom is -0.489 e. The lowest BCUT2D eigenvalue weighted by atomic mass is 9.89. The van der Waals surface area contributed by atoms with Crippen molar-refractivity contribution in [2.75, 3.05) is 0 Å². The van der Waals surface area contributed by atoms with Gasteiger partial charge in [-0.25, -0.2) is 0 Å². The van der Waals surface area contributed by atoms with Gasteiger partial charge in [-0.1, -0.05) is 13.3 Å². The summed E-state index contributed by atoms with van der Waals surface area (Å²) in [4.78, 5) is 4.40. The zero-order valence-corrected chi connectivity index (χ0v) is 11.4. The Kier molecular flexibility index (Phi) is 4.59. The molecule has 0 spiro atoms. The van der Waals surface area contributed by atoms with Crippen LogP contribution in [0.2, 0.25) is 0 Å². The summed E-state index contributed by atoms with van der Waals surface area (Å²) in [6.45, 7) is 4.30. The van der Waals surface area contributed by atoms with Crippen LogP contribution in [0.15, 0.2) is 18.3 Å². The Bertz CT molecular complexity index is 361. The van der Waals surface area contributed by atoms with Crippen LogP contribution in [0.5, 0.6) is 5.75 Å². The van der Waals surface area contributed by atoms with Crippen molar-refractivity contribution in [3.63, 3.8) is 0 Å². The molecule has 3 heteroatoms. The Morgan fingerprint density at radius 3 is 2.89 bits per heavy atom. The number of nitrogens with zero attached hydrogens (tertiary/aromatic N) is 1. The fraction of sp³-hybridized carbons (Fsp3) is 0.667. The van der Waals surface area contributed by atoms with Gasteiger partial charge < -0.3 is 10.5 Å². The highest BCUT2D eigenvalue weighted by molar-refractivity contribution is 5.20. The molecule has 1 aromatic rings. The van der Waals surface area contributed by atoms with Gasteiger partial charge in [0.2, 0.25) is 0 Å². The number of nitrogens with two attached hydrogens (primary N) is 1. The van der Waals surface area contributed by atoms with Crippen LogP contribution in [0.25, 0.3) is 0 Å². The van der Waals surface area contributed by atoms with E-state index in [9.17, 15) is 0 Å². The molecule has 0 aromatic carbocycles. The summed E-state index contributed by atoms with van der Waals surface area (Å²) < 4.78 is 5.99. The van der Waals surface area contributed by atoms with Gasteiger partial charge in [0, 0.05) is 18.2 Å². The highest BCUT2D eigenvalue weighted by Gasteiger charge is 2.20. The van der Waals surface area contributed by atoms with Crippen LogP contribution >= 0.6 is 0 Å². The average Bonchev–Trinajstić information content (AvgIpc) is 2.31. The Morgan fingerprint density at radius 2 is 2.28 bits per heavy atom. The van der Waals surface area contributed by atoms with Crippen LogP contribution in [-0.2, 0) is 6.42 Å². The Morgan fingerprint density at radius 1 is 1.44 bits per heavy atom. The predicted octanol–water partition coefficient (Wildman–Crippen LogP) is 2.93. The van der Waals surface area contributed by atoms with E-state index in [2.05, 4.69) is 11.9 Å². The molecule has 2 rings (SSSR count). The highest BCUT2D eigenvalue weighted by Crippen LogP contribution is 2.27. The summed E-state index contributed by atoms with van der Waals surface area (Å²) in [5.41, 5.74) is 6.79. The molecular formula is C15H24N2O. The van der Waals surface area contributed by atoms with Crippen LogP contribution in [0, 0.1) is 5.92 Å². The molecule has 0 radical (unpaired) electrons. The number of hydrogen-bond donors (Lipinski definition) is 1. The largest absolute Gasteiger partial charge is 0.489 e. The zero-order valence-electron chi connectivity index (χ0n) is 11.4. The Balaban J connectivity index is 1.89. The molecule has 18 heavy (non-hydrogen) atoms. The molecule has 0 amide bonds. The van der Waals surface area contributed by atoms with E-state index >= 15 is 0 Å². The first-order chi connectivity index (χ1) is 8.63. The van der Waals surface area contributed by atoms with Gasteiger partial charge >= 0.3 is 0 Å². The van der Waals surface area contributed by atoms with Crippen molar-refractivity contribution < 1.29 is 4.74 Å². The highest BCUT2D eigenvalue weighted by atomic mass is 16.5. The third-order valence-electron chi connectivity index (χ3n) is 3.52. The second-order valence-electron chi connectivity index (χ2n) is 5.68. The number of pyridine rings is 1. The van der Waals surface area contributed by atoms with E-state index in [0.717, 1.165) is 23.8 Å². The number of aromatic nitrogens is 1. The van der Waals surface area contributed by atoms with Crippen molar-refractivity contribution in [1.29, 1.82) is 0 Å². The Hall–Kier alpha value is -1.09. The number of ether oxygens (including phenoxy) is 1. The summed E-state index contributed by atoms with van der Waals surface area (Å²) in [5, 5.41) is 0. The van der Waals surface area contributed by atoms with Crippen LogP contribution in [0.4, 0.5) is 0 Å². The lowest BCUT2D eigenvalue weighted by Crippen LogP contribution is -2.24. The molecule has 2 N–H and O–H groups in total. The van der Waals surface area contributed by atoms with Crippen molar-refractivity contribution in [2.24, 2.45) is 11.7 Å². The number of hydrogen-bond acceptors (Lipinski definition) is 3. The second-order valence-corrected chi connectivity index (χ2v) is 5.68. The molecule has 1 heterocycles. The van der Waals surface area contributed by atoms with Crippen LogP contribution in [0.3, 0.4) is 0 Å². The van der Waals surface area contributed by atoms with Gasteiger partial charge in [-0.15, -0.1) is 0 Å². The SMILES string of the molecule is CC(N)Cc1ccc(OC2CCCC(C)C2)cn1. The molecule has 0 aliphatic heterocycles. The maximum absolute atomic E-state index is 5.99. The van der Waals surface area contributed by atoms with Gasteiger partial charge in [0.1, 0.15) is 5.75 Å². The maximum atomic E-state index is 5.99. The van der Waals surface area contributed by atoms with Crippen molar-refractivity contribution in [3.05, 3.63) is 24.0 Å². The fourth-order valence-electron chi connectivity index (χ4n) is 2.61. The summed E-state index contributed by atoms with van der Waals surface area (Å²) >= 11 is 0. The zero-order chi connectivity index (χ0) is 13.0. The van der Waals surface area contributed by atoms with Gasteiger partial charge in [-0.05, 0) is 44.2 Å². The molecule has 1 fully saturated rings. The summed E-state index contributed by atoms with van der Waals surface area (Å²) in [6.07, 6.45) is 7.98. The van der Waals surface area contributed by atoms with E-state index in [-0.39, 0.29) is 6.04 Å². The quantitative estimate of drug-likeness (QED) is 0.891. The van der Waals surface area contributed by atoms with Crippen LogP contribution in [-0.4, -0.2) is 17.1 Å². The molecule has 3 unspecified atom stereocenters. The molecule has 0 saturated heterocycles. The molecule has 1 saturated carbocycles. The lowest BCUT2D eigenvalue weighted by molar-refractivity contribution is 0.128. The predicted molar refractivity (Wildman–Crippen MR) is 73.6 cm³/mol. The van der Waals surface area contributed by atoms with Gasteiger partial charge in [-0.2, -0.15) is 0 Å². The fourth-order valence-corrected chi connectivity index (χ4v) is 2.61. The van der Waals surface area contributed by atoms with Crippen molar-refractivity contribution in [3.8, 4) is 5.75 Å². The summed E-state index contributed by atoms with van der Waals surface area (Å²) in [6, 6.07) is 4.19. The van der Waals surface area contributed by atoms with E-state index in [1.807, 2.05) is 25.3 Å². The van der Waals surface area contributed by atoms with Gasteiger partial charge in [0.25, 0.3) is 0 Å². The van der Waals surface area contributed by atoms with Gasteiger partial charge in [0.15, 0.2) is 0 Å². The first-order valence-electron chi connectivity index (χ1n) is 7.00. The van der Waals surface area contributed by atoms with Crippen molar-refractivity contribution >= 4 is 0 Å². The second kappa shape index (κ2) is 6.19. The third-order valence-corrected chi connectivity index (χ3v) is 3.52. The summed E-state index contributed by atoms with van der Waals surface area (Å²) in [5.74, 6) is 1.68. The number of rotatable bonds is 4.